The first kappa shape index (κ1) is 16.1. The topological polar surface area (TPSA) is 29.3 Å². The summed E-state index contributed by atoms with van der Waals surface area (Å²) < 4.78 is 0. The fraction of sp³-hybridized carbons (Fsp3) is 0.429. The highest BCUT2D eigenvalue weighted by atomic mass is 15.1. The lowest BCUT2D eigenvalue weighted by Crippen LogP contribution is -2.35. The van der Waals surface area contributed by atoms with Crippen LogP contribution in [0.2, 0.25) is 0 Å². The zero-order valence-corrected chi connectivity index (χ0v) is 14.8. The van der Waals surface area contributed by atoms with Crippen molar-refractivity contribution in [2.24, 2.45) is 5.73 Å². The highest BCUT2D eigenvalue weighted by molar-refractivity contribution is 5.71. The molecule has 2 nitrogen and oxygen atoms in total. The van der Waals surface area contributed by atoms with Crippen molar-refractivity contribution >= 4 is 11.4 Å². The Morgan fingerprint density at radius 2 is 1.87 bits per heavy atom. The second-order valence-electron chi connectivity index (χ2n) is 7.33. The summed E-state index contributed by atoms with van der Waals surface area (Å²) in [5, 5.41) is 0. The number of nitrogens with zero attached hydrogens (tertiary/aromatic N) is 1. The van der Waals surface area contributed by atoms with Crippen molar-refractivity contribution in [2.75, 3.05) is 11.4 Å². The van der Waals surface area contributed by atoms with Crippen LogP contribution in [0.25, 0.3) is 0 Å². The van der Waals surface area contributed by atoms with Crippen molar-refractivity contribution in [1.82, 2.24) is 0 Å². The van der Waals surface area contributed by atoms with Gasteiger partial charge in [-0.1, -0.05) is 45.0 Å². The van der Waals surface area contributed by atoms with Gasteiger partial charge in [0.15, 0.2) is 0 Å². The van der Waals surface area contributed by atoms with Crippen molar-refractivity contribution < 1.29 is 0 Å². The van der Waals surface area contributed by atoms with Gasteiger partial charge in [-0.25, -0.2) is 0 Å². The van der Waals surface area contributed by atoms with Crippen LogP contribution in [0, 0.1) is 0 Å². The van der Waals surface area contributed by atoms with Crippen molar-refractivity contribution in [1.29, 1.82) is 0 Å². The Balaban J connectivity index is 2.20. The number of rotatable bonds is 3. The normalized spacial score (nSPS) is 17.7. The van der Waals surface area contributed by atoms with Crippen LogP contribution in [0.1, 0.15) is 56.8 Å². The van der Waals surface area contributed by atoms with Crippen molar-refractivity contribution in [3.63, 3.8) is 0 Å². The number of aryl methyl sites for hydroxylation is 1. The molecule has 1 heterocycles. The molecular weight excluding hydrogens is 280 g/mol. The lowest BCUT2D eigenvalue weighted by molar-refractivity contribution is 0.466. The van der Waals surface area contributed by atoms with Crippen LogP contribution in [-0.4, -0.2) is 6.54 Å². The Hall–Kier alpha value is -1.80. The number of fused-ring (bicyclic) bond motifs is 1. The molecule has 1 aliphatic heterocycles. The number of hydrogen-bond acceptors (Lipinski definition) is 2. The zero-order chi connectivity index (χ0) is 16.6. The summed E-state index contributed by atoms with van der Waals surface area (Å²) in [4.78, 5) is 2.45. The fourth-order valence-corrected chi connectivity index (χ4v) is 3.67. The van der Waals surface area contributed by atoms with Gasteiger partial charge in [0, 0.05) is 24.0 Å². The largest absolute Gasteiger partial charge is 0.341 e. The molecule has 23 heavy (non-hydrogen) atoms. The molecule has 2 aromatic rings. The van der Waals surface area contributed by atoms with Gasteiger partial charge in [-0.2, -0.15) is 0 Å². The van der Waals surface area contributed by atoms with Crippen LogP contribution >= 0.6 is 0 Å². The second kappa shape index (κ2) is 6.01. The van der Waals surface area contributed by atoms with E-state index in [-0.39, 0.29) is 11.5 Å². The van der Waals surface area contributed by atoms with E-state index in [0.29, 0.717) is 0 Å². The third-order valence-corrected chi connectivity index (χ3v) is 5.18. The highest BCUT2D eigenvalue weighted by Crippen LogP contribution is 2.44. The summed E-state index contributed by atoms with van der Waals surface area (Å²) in [7, 11) is 0. The molecule has 0 saturated heterocycles. The Morgan fingerprint density at radius 1 is 1.17 bits per heavy atom. The highest BCUT2D eigenvalue weighted by Gasteiger charge is 2.32. The molecule has 1 atom stereocenters. The maximum Gasteiger partial charge on any atom is 0.0452 e. The summed E-state index contributed by atoms with van der Waals surface area (Å²) >= 11 is 0. The molecule has 2 heteroatoms. The molecule has 2 aromatic carbocycles. The molecule has 1 unspecified atom stereocenters. The minimum Gasteiger partial charge on any atom is -0.341 e. The second-order valence-corrected chi connectivity index (χ2v) is 7.33. The monoisotopic (exact) mass is 308 g/mol. The first-order valence-electron chi connectivity index (χ1n) is 8.69. The number of nitrogens with two attached hydrogens (primary N) is 1. The van der Waals surface area contributed by atoms with Crippen LogP contribution in [0.4, 0.5) is 11.4 Å². The lowest BCUT2D eigenvalue weighted by atomic mass is 9.75. The van der Waals surface area contributed by atoms with E-state index in [2.05, 4.69) is 75.1 Å². The summed E-state index contributed by atoms with van der Waals surface area (Å²) in [5.74, 6) is 0. The van der Waals surface area contributed by atoms with Crippen LogP contribution < -0.4 is 10.6 Å². The van der Waals surface area contributed by atoms with Gasteiger partial charge in [-0.15, -0.1) is 0 Å². The molecule has 0 aromatic heterocycles. The average molecular weight is 308 g/mol. The fourth-order valence-electron chi connectivity index (χ4n) is 3.67. The Kier molecular flexibility index (Phi) is 4.20. The summed E-state index contributed by atoms with van der Waals surface area (Å²) in [6.45, 7) is 10.1. The molecule has 3 rings (SSSR count). The number of para-hydroxylation sites is 1. The van der Waals surface area contributed by atoms with E-state index < -0.39 is 0 Å². The van der Waals surface area contributed by atoms with Gasteiger partial charge >= 0.3 is 0 Å². The van der Waals surface area contributed by atoms with Gasteiger partial charge in [0.1, 0.15) is 0 Å². The predicted octanol–water partition coefficient (Wildman–Crippen LogP) is 5.09. The number of anilines is 2. The Labute approximate surface area is 140 Å². The molecule has 0 saturated carbocycles. The molecule has 2 N–H and O–H groups in total. The minimum absolute atomic E-state index is 0.0675. The van der Waals surface area contributed by atoms with Gasteiger partial charge in [-0.3, -0.25) is 0 Å². The van der Waals surface area contributed by atoms with Gasteiger partial charge < -0.3 is 10.6 Å². The van der Waals surface area contributed by atoms with Gasteiger partial charge in [0.2, 0.25) is 0 Å². The smallest absolute Gasteiger partial charge is 0.0452 e. The third kappa shape index (κ3) is 2.88. The van der Waals surface area contributed by atoms with Gasteiger partial charge in [0.05, 0.1) is 0 Å². The maximum absolute atomic E-state index is 6.26. The Bertz CT molecular complexity index is 686. The van der Waals surface area contributed by atoms with Gasteiger partial charge in [-0.05, 0) is 60.1 Å². The molecule has 122 valence electrons. The van der Waals surface area contributed by atoms with Gasteiger partial charge in [0.25, 0.3) is 0 Å². The summed E-state index contributed by atoms with van der Waals surface area (Å²) in [6.07, 6.45) is 2.20. The molecule has 0 aliphatic carbocycles. The quantitative estimate of drug-likeness (QED) is 0.856. The van der Waals surface area contributed by atoms with E-state index in [4.69, 9.17) is 5.73 Å². The zero-order valence-electron chi connectivity index (χ0n) is 14.8. The van der Waals surface area contributed by atoms with Crippen LogP contribution in [0.15, 0.2) is 42.5 Å². The molecule has 0 amide bonds. The van der Waals surface area contributed by atoms with Crippen LogP contribution in [-0.2, 0) is 11.8 Å². The number of hydrogen-bond donors (Lipinski definition) is 1. The van der Waals surface area contributed by atoms with Crippen LogP contribution in [0.3, 0.4) is 0 Å². The van der Waals surface area contributed by atoms with E-state index in [1.165, 1.54) is 28.1 Å². The van der Waals surface area contributed by atoms with Crippen molar-refractivity contribution in [3.8, 4) is 0 Å². The third-order valence-electron chi connectivity index (χ3n) is 5.18. The predicted molar refractivity (Wildman–Crippen MR) is 99.5 cm³/mol. The summed E-state index contributed by atoms with van der Waals surface area (Å²) in [5.41, 5.74) is 13.2. The van der Waals surface area contributed by atoms with E-state index >= 15 is 0 Å². The Morgan fingerprint density at radius 3 is 2.48 bits per heavy atom. The standard InChI is InChI=1S/C21H28N2/c1-5-16-13-19-20(14-18(16)15(2)22)23(12-11-21(19,3)4)17-9-7-6-8-10-17/h6-10,13-15H,5,11-12,22H2,1-4H3. The van der Waals surface area contributed by atoms with Crippen molar-refractivity contribution in [3.05, 3.63) is 59.2 Å². The van der Waals surface area contributed by atoms with Crippen molar-refractivity contribution in [2.45, 2.75) is 52.0 Å². The van der Waals surface area contributed by atoms with E-state index in [1.807, 2.05) is 0 Å². The SMILES string of the molecule is CCc1cc2c(cc1C(C)N)N(c1ccccc1)CCC2(C)C. The average Bonchev–Trinajstić information content (AvgIpc) is 2.54. The number of benzene rings is 2. The first-order valence-corrected chi connectivity index (χ1v) is 8.69. The summed E-state index contributed by atoms with van der Waals surface area (Å²) in [6, 6.07) is 15.5. The molecule has 0 radical (unpaired) electrons. The van der Waals surface area contributed by atoms with Crippen LogP contribution in [0.5, 0.6) is 0 Å². The molecule has 0 bridgehead atoms. The molecular formula is C21H28N2. The lowest BCUT2D eigenvalue weighted by Gasteiger charge is -2.41. The van der Waals surface area contributed by atoms with E-state index in [9.17, 15) is 0 Å². The first-order chi connectivity index (χ1) is 10.9. The van der Waals surface area contributed by atoms with E-state index in [1.54, 1.807) is 0 Å². The molecule has 0 fully saturated rings. The maximum atomic E-state index is 6.26. The molecule has 0 spiro atoms. The van der Waals surface area contributed by atoms with E-state index in [0.717, 1.165) is 19.4 Å². The molecule has 1 aliphatic rings. The minimum atomic E-state index is 0.0675.